The summed E-state index contributed by atoms with van der Waals surface area (Å²) in [6.45, 7) is 1.92. The Morgan fingerprint density at radius 1 is 1.35 bits per heavy atom. The monoisotopic (exact) mass is 301 g/mol. The van der Waals surface area contributed by atoms with Crippen LogP contribution in [0.3, 0.4) is 0 Å². The molecule has 1 N–H and O–H groups in total. The van der Waals surface area contributed by atoms with Crippen LogP contribution >= 0.6 is 11.3 Å². The van der Waals surface area contributed by atoms with E-state index in [-0.39, 0.29) is 6.04 Å². The number of pyridine rings is 1. The number of nitrogens with one attached hydrogen (secondary N) is 1. The van der Waals surface area contributed by atoms with Gasteiger partial charge >= 0.3 is 6.18 Å². The predicted molar refractivity (Wildman–Crippen MR) is 71.6 cm³/mol. The van der Waals surface area contributed by atoms with Crippen LogP contribution in [0, 0.1) is 6.92 Å². The zero-order chi connectivity index (χ0) is 14.8. The summed E-state index contributed by atoms with van der Waals surface area (Å²) < 4.78 is 37.5. The molecule has 2 aromatic heterocycles. The van der Waals surface area contributed by atoms with Crippen LogP contribution in [0.15, 0.2) is 23.7 Å². The van der Waals surface area contributed by atoms with Crippen LogP contribution in [0.1, 0.15) is 28.0 Å². The third-order valence-electron chi connectivity index (χ3n) is 2.90. The fraction of sp³-hybridized carbons (Fsp3) is 0.385. The molecule has 0 aromatic carbocycles. The van der Waals surface area contributed by atoms with Crippen LogP contribution in [0.4, 0.5) is 13.2 Å². The van der Waals surface area contributed by atoms with Crippen LogP contribution in [-0.2, 0) is 12.6 Å². The summed E-state index contributed by atoms with van der Waals surface area (Å²) in [5.74, 6) is 0. The summed E-state index contributed by atoms with van der Waals surface area (Å²) in [5.41, 5.74) is 0.750. The highest BCUT2D eigenvalue weighted by atomic mass is 32.1. The van der Waals surface area contributed by atoms with Crippen molar-refractivity contribution in [2.75, 3.05) is 7.05 Å². The van der Waals surface area contributed by atoms with Crippen LogP contribution in [-0.4, -0.2) is 17.0 Å². The van der Waals surface area contributed by atoms with Crippen molar-refractivity contribution in [2.24, 2.45) is 0 Å². The molecular weight excluding hydrogens is 287 g/mol. The van der Waals surface area contributed by atoms with Crippen molar-refractivity contribution in [1.29, 1.82) is 0 Å². The highest BCUT2D eigenvalue weighted by Crippen LogP contribution is 2.29. The van der Waals surface area contributed by atoms with E-state index < -0.39 is 11.7 Å². The number of likely N-dealkylation sites (N-methyl/N-ethyl adjacent to an activating group) is 1. The second-order valence-corrected chi connectivity index (χ2v) is 5.43. The molecule has 108 valence electrons. The molecule has 0 amide bonds. The van der Waals surface area contributed by atoms with E-state index in [9.17, 15) is 13.2 Å². The first kappa shape index (κ1) is 14.9. The Morgan fingerprint density at radius 3 is 2.55 bits per heavy atom. The van der Waals surface area contributed by atoms with E-state index in [0.717, 1.165) is 23.0 Å². The number of hydrogen-bond acceptors (Lipinski definition) is 4. The van der Waals surface area contributed by atoms with Gasteiger partial charge in [-0.2, -0.15) is 13.2 Å². The van der Waals surface area contributed by atoms with Gasteiger partial charge in [0, 0.05) is 18.0 Å². The number of alkyl halides is 3. The zero-order valence-electron chi connectivity index (χ0n) is 11.0. The summed E-state index contributed by atoms with van der Waals surface area (Å²) in [6.07, 6.45) is -2.89. The lowest BCUT2D eigenvalue weighted by atomic mass is 10.1. The van der Waals surface area contributed by atoms with Gasteiger partial charge in [0.05, 0.1) is 28.0 Å². The van der Waals surface area contributed by atoms with Crippen molar-refractivity contribution >= 4 is 11.3 Å². The Morgan fingerprint density at radius 2 is 2.10 bits per heavy atom. The molecule has 0 aliphatic rings. The van der Waals surface area contributed by atoms with Crippen LogP contribution in [0.25, 0.3) is 0 Å². The Hall–Kier alpha value is -1.47. The highest BCUT2D eigenvalue weighted by Gasteiger charge is 2.30. The Bertz CT molecular complexity index is 563. The molecule has 0 saturated heterocycles. The summed E-state index contributed by atoms with van der Waals surface area (Å²) >= 11 is 1.55. The Balaban J connectivity index is 2.15. The lowest BCUT2D eigenvalue weighted by molar-refractivity contribution is -0.137. The average molecular weight is 301 g/mol. The normalized spacial score (nSPS) is 13.4. The molecule has 0 aliphatic carbocycles. The van der Waals surface area contributed by atoms with Crippen molar-refractivity contribution in [2.45, 2.75) is 25.6 Å². The molecule has 0 saturated carbocycles. The molecule has 0 radical (unpaired) electrons. The van der Waals surface area contributed by atoms with Crippen molar-refractivity contribution < 1.29 is 13.2 Å². The smallest absolute Gasteiger partial charge is 0.311 e. The van der Waals surface area contributed by atoms with Crippen LogP contribution in [0.5, 0.6) is 0 Å². The third-order valence-corrected chi connectivity index (χ3v) is 3.72. The van der Waals surface area contributed by atoms with Gasteiger partial charge in [0.1, 0.15) is 0 Å². The first-order valence-corrected chi connectivity index (χ1v) is 6.89. The summed E-state index contributed by atoms with van der Waals surface area (Å²) in [5, 5.41) is 5.97. The first-order chi connectivity index (χ1) is 9.40. The van der Waals surface area contributed by atoms with E-state index >= 15 is 0 Å². The van der Waals surface area contributed by atoms with E-state index in [4.69, 9.17) is 0 Å². The molecule has 1 unspecified atom stereocenters. The van der Waals surface area contributed by atoms with Crippen LogP contribution in [0.2, 0.25) is 0 Å². The number of halogens is 3. The summed E-state index contributed by atoms with van der Waals surface area (Å²) in [6, 6.07) is 2.31. The van der Waals surface area contributed by atoms with Crippen molar-refractivity contribution in [3.05, 3.63) is 45.7 Å². The molecule has 2 aromatic rings. The molecule has 0 fully saturated rings. The number of aryl methyl sites for hydroxylation is 1. The van der Waals surface area contributed by atoms with Gasteiger partial charge in [0.15, 0.2) is 0 Å². The van der Waals surface area contributed by atoms with Gasteiger partial charge < -0.3 is 5.32 Å². The minimum absolute atomic E-state index is 0.154. The molecule has 2 rings (SSSR count). The minimum Gasteiger partial charge on any atom is -0.311 e. The van der Waals surface area contributed by atoms with Gasteiger partial charge in [-0.1, -0.05) is 0 Å². The maximum absolute atomic E-state index is 12.5. The number of hydrogen-bond donors (Lipinski definition) is 1. The van der Waals surface area contributed by atoms with Crippen molar-refractivity contribution in [1.82, 2.24) is 15.3 Å². The topological polar surface area (TPSA) is 37.8 Å². The fourth-order valence-corrected chi connectivity index (χ4v) is 2.47. The van der Waals surface area contributed by atoms with Gasteiger partial charge in [0.2, 0.25) is 0 Å². The molecule has 2 heterocycles. The Kier molecular flexibility index (Phi) is 4.39. The number of nitrogens with zero attached hydrogens (tertiary/aromatic N) is 2. The van der Waals surface area contributed by atoms with E-state index in [1.807, 2.05) is 12.3 Å². The number of aromatic nitrogens is 2. The van der Waals surface area contributed by atoms with E-state index in [2.05, 4.69) is 15.3 Å². The largest absolute Gasteiger partial charge is 0.417 e. The Labute approximate surface area is 118 Å². The second kappa shape index (κ2) is 5.88. The first-order valence-electron chi connectivity index (χ1n) is 6.01. The fourth-order valence-electron chi connectivity index (χ4n) is 1.84. The zero-order valence-corrected chi connectivity index (χ0v) is 11.8. The standard InChI is InChI=1S/C13H14F3N3S/c1-8-19-10(7-20-8)5-12(17-2)11-4-3-9(6-18-11)13(14,15)16/h3-4,6-7,12,17H,5H2,1-2H3. The van der Waals surface area contributed by atoms with Gasteiger partial charge in [-0.15, -0.1) is 11.3 Å². The predicted octanol–water partition coefficient (Wildman–Crippen LogP) is 3.37. The van der Waals surface area contributed by atoms with E-state index in [1.165, 1.54) is 6.07 Å². The second-order valence-electron chi connectivity index (χ2n) is 4.37. The van der Waals surface area contributed by atoms with E-state index in [1.54, 1.807) is 18.4 Å². The number of rotatable bonds is 4. The lowest BCUT2D eigenvalue weighted by Crippen LogP contribution is -2.20. The van der Waals surface area contributed by atoms with Crippen LogP contribution < -0.4 is 5.32 Å². The molecule has 20 heavy (non-hydrogen) atoms. The third kappa shape index (κ3) is 3.55. The van der Waals surface area contributed by atoms with E-state index in [0.29, 0.717) is 12.1 Å². The number of thiazole rings is 1. The maximum Gasteiger partial charge on any atom is 0.417 e. The van der Waals surface area contributed by atoms with Gasteiger partial charge in [0.25, 0.3) is 0 Å². The quantitative estimate of drug-likeness (QED) is 0.941. The molecule has 3 nitrogen and oxygen atoms in total. The van der Waals surface area contributed by atoms with Gasteiger partial charge in [-0.05, 0) is 26.1 Å². The van der Waals surface area contributed by atoms with Crippen molar-refractivity contribution in [3.63, 3.8) is 0 Å². The molecular formula is C13H14F3N3S. The molecule has 0 bridgehead atoms. The summed E-state index contributed by atoms with van der Waals surface area (Å²) in [7, 11) is 1.75. The molecule has 7 heteroatoms. The lowest BCUT2D eigenvalue weighted by Gasteiger charge is -2.15. The highest BCUT2D eigenvalue weighted by molar-refractivity contribution is 7.09. The summed E-state index contributed by atoms with van der Waals surface area (Å²) in [4.78, 5) is 8.26. The maximum atomic E-state index is 12.5. The molecule has 1 atom stereocenters. The average Bonchev–Trinajstić information content (AvgIpc) is 2.81. The van der Waals surface area contributed by atoms with Gasteiger partial charge in [-0.25, -0.2) is 4.98 Å². The van der Waals surface area contributed by atoms with Crippen molar-refractivity contribution in [3.8, 4) is 0 Å². The molecule has 0 spiro atoms. The SMILES string of the molecule is CNC(Cc1csc(C)n1)c1ccc(C(F)(F)F)cn1. The van der Waals surface area contributed by atoms with Gasteiger partial charge in [-0.3, -0.25) is 4.98 Å². The minimum atomic E-state index is -4.35. The molecule has 0 aliphatic heterocycles.